The molecule has 5 aromatic rings. The van der Waals surface area contributed by atoms with E-state index in [-0.39, 0.29) is 70.9 Å². The molecule has 0 saturated carbocycles. The van der Waals surface area contributed by atoms with Crippen molar-refractivity contribution in [1.29, 1.82) is 0 Å². The Balaban J connectivity index is 0.745. The largest absolute Gasteiger partial charge is 0.491 e. The fraction of sp³-hybridized carbons (Fsp3) is 0.729. The summed E-state index contributed by atoms with van der Waals surface area (Å²) < 4.78 is 88.3. The highest BCUT2D eigenvalue weighted by atomic mass is 32.5. The minimum Gasteiger partial charge on any atom is -0.491 e. The molecule has 91 heavy (non-hydrogen) atoms. The number of hydrogen-bond donors (Lipinski definition) is 8. The van der Waals surface area contributed by atoms with Gasteiger partial charge in [0.25, 0.3) is 0 Å². The Morgan fingerprint density at radius 2 is 1.36 bits per heavy atom. The number of hydrogen-bond acceptors (Lipinski definition) is 25. The molecule has 32 heteroatoms. The number of aromatic amines is 2. The molecule has 3 aliphatic heterocycles. The SMILES string of the molecule is COP(=S)(OC[C@H]1O[C@@H](n2cnc3c(=S)[nH]c(N)nc32)C(O)C1O)OC1C[C@H](n2cnc3c(=S)[nH]c(N)nc32)O[C@@H]1COP(=O)(O)O[C@H](CO)COCCOCCOCCOc1c(C)c(C)c2c(c1C)CC[C@@](C)(CCC[C@H](C)CCC[C@H](C)CCCC(C)C)O2. The molecule has 0 aliphatic carbocycles. The van der Waals surface area contributed by atoms with Crippen LogP contribution in [0.2, 0.25) is 0 Å². The van der Waals surface area contributed by atoms with E-state index in [0.717, 1.165) is 65.2 Å². The molecule has 3 aliphatic rings. The molecule has 0 amide bonds. The third-order valence-corrected chi connectivity index (χ3v) is 21.2. The van der Waals surface area contributed by atoms with Gasteiger partial charge in [0.05, 0.1) is 78.2 Å². The molecular formula is C59H94N10O17P2S3. The second-order valence-electron chi connectivity index (χ2n) is 24.8. The zero-order chi connectivity index (χ0) is 65.8. The number of aliphatic hydroxyl groups excluding tert-OH is 3. The molecule has 13 atom stereocenters. The number of aliphatic hydroxyl groups is 3. The number of nitrogen functional groups attached to an aromatic ring is 2. The van der Waals surface area contributed by atoms with Gasteiger partial charge < -0.3 is 88.4 Å². The first-order valence-electron chi connectivity index (χ1n) is 31.4. The zero-order valence-corrected chi connectivity index (χ0v) is 57.9. The van der Waals surface area contributed by atoms with Crippen LogP contribution in [0.3, 0.4) is 0 Å². The molecule has 10 N–H and O–H groups in total. The number of nitrogens with one attached hydrogen (secondary N) is 2. The molecular weight excluding hydrogens is 1280 g/mol. The highest BCUT2D eigenvalue weighted by Gasteiger charge is 2.47. The van der Waals surface area contributed by atoms with Crippen LogP contribution < -0.4 is 20.9 Å². The first kappa shape index (κ1) is 73.1. The van der Waals surface area contributed by atoms with E-state index in [0.29, 0.717) is 30.9 Å². The number of benzene rings is 1. The molecule has 2 fully saturated rings. The van der Waals surface area contributed by atoms with Gasteiger partial charge in [-0.3, -0.25) is 18.2 Å². The predicted molar refractivity (Wildman–Crippen MR) is 349 cm³/mol. The summed E-state index contributed by atoms with van der Waals surface area (Å²) in [5, 5.41) is 32.3. The van der Waals surface area contributed by atoms with Gasteiger partial charge in [0, 0.05) is 19.1 Å². The van der Waals surface area contributed by atoms with E-state index < -0.39 is 83.4 Å². The van der Waals surface area contributed by atoms with Crippen LogP contribution in [0, 0.1) is 47.8 Å². The predicted octanol–water partition coefficient (Wildman–Crippen LogP) is 9.41. The Kier molecular flexibility index (Phi) is 26.7. The molecule has 2 saturated heterocycles. The number of phosphoric acid groups is 1. The maximum Gasteiger partial charge on any atom is 0.472 e. The first-order chi connectivity index (χ1) is 43.3. The summed E-state index contributed by atoms with van der Waals surface area (Å²) in [5.41, 5.74) is 17.3. The van der Waals surface area contributed by atoms with E-state index in [9.17, 15) is 24.8 Å². The molecule has 4 aromatic heterocycles. The van der Waals surface area contributed by atoms with Crippen LogP contribution in [-0.2, 0) is 69.1 Å². The van der Waals surface area contributed by atoms with Crippen molar-refractivity contribution < 1.29 is 80.6 Å². The van der Waals surface area contributed by atoms with Crippen LogP contribution in [0.25, 0.3) is 22.3 Å². The number of ether oxygens (including phenoxy) is 7. The standard InChI is InChI=1S/C59H94N10O17P2S3/c1-34(2)13-10-14-35(3)15-11-16-36(4)17-12-19-59(8)20-18-41-39(7)50(37(5)38(6)51(41)84-59)79-26-25-77-22-21-76-23-24-78-29-40(28-70)85-87(73,74)80-30-43-42(27-45(82-43)68-32-62-46-52(68)64-57(60)66-54(46)89)86-88(91,75-9)81-31-44-48(71)49(72)56(83-44)69-33-63-47-53(69)65-58(61)67-55(47)90/h32-36,40,42-45,48-49,56,70-72H,10-31H2,1-9H3,(H,73,74)(H3,60,64,66,89)(H3,61,65,67,90)/t35-,36-,40-,42?,43-,44-,45-,48?,49?,56-,59-,88?/m1/s1. The number of fused-ring (bicyclic) bond motifs is 3. The lowest BCUT2D eigenvalue weighted by Crippen LogP contribution is -2.37. The highest BCUT2D eigenvalue weighted by Crippen LogP contribution is 2.55. The molecule has 0 radical (unpaired) electrons. The van der Waals surface area contributed by atoms with Crippen molar-refractivity contribution in [2.24, 2.45) is 17.8 Å². The second kappa shape index (κ2) is 33.3. The minimum atomic E-state index is -4.93. The van der Waals surface area contributed by atoms with Gasteiger partial charge in [-0.1, -0.05) is 97.1 Å². The third kappa shape index (κ3) is 19.5. The van der Waals surface area contributed by atoms with Crippen LogP contribution >= 0.6 is 39.0 Å². The molecule has 27 nitrogen and oxygen atoms in total. The van der Waals surface area contributed by atoms with Gasteiger partial charge in [-0.25, -0.2) is 14.5 Å². The second-order valence-corrected chi connectivity index (χ2v) is 30.1. The van der Waals surface area contributed by atoms with Crippen molar-refractivity contribution in [1.82, 2.24) is 39.0 Å². The fourth-order valence-corrected chi connectivity index (χ4v) is 14.9. The van der Waals surface area contributed by atoms with E-state index in [4.69, 9.17) is 103 Å². The van der Waals surface area contributed by atoms with Crippen molar-refractivity contribution in [2.45, 2.75) is 187 Å². The summed E-state index contributed by atoms with van der Waals surface area (Å²) >= 11 is 16.5. The van der Waals surface area contributed by atoms with Crippen molar-refractivity contribution in [3.8, 4) is 11.5 Å². The molecule has 0 spiro atoms. The Labute approximate surface area is 547 Å². The number of rotatable bonds is 38. The van der Waals surface area contributed by atoms with Gasteiger partial charge in [-0.05, 0) is 99.6 Å². The summed E-state index contributed by atoms with van der Waals surface area (Å²) in [6, 6.07) is 0. The van der Waals surface area contributed by atoms with Crippen LogP contribution in [0.15, 0.2) is 12.7 Å². The van der Waals surface area contributed by atoms with E-state index in [2.05, 4.69) is 85.3 Å². The average molecular weight is 1370 g/mol. The Morgan fingerprint density at radius 1 is 0.780 bits per heavy atom. The molecule has 8 rings (SSSR count). The zero-order valence-electron chi connectivity index (χ0n) is 53.6. The Hall–Kier alpha value is -3.72. The molecule has 5 unspecified atom stereocenters. The van der Waals surface area contributed by atoms with E-state index in [1.54, 1.807) is 4.57 Å². The summed E-state index contributed by atoms with van der Waals surface area (Å²) in [6.45, 7) is 13.8. The summed E-state index contributed by atoms with van der Waals surface area (Å²) in [5.74, 6) is 4.26. The maximum atomic E-state index is 13.5. The smallest absolute Gasteiger partial charge is 0.472 e. The molecule has 510 valence electrons. The van der Waals surface area contributed by atoms with Crippen LogP contribution in [-0.4, -0.2) is 175 Å². The van der Waals surface area contributed by atoms with Crippen LogP contribution in [0.5, 0.6) is 11.5 Å². The van der Waals surface area contributed by atoms with Crippen molar-refractivity contribution in [3.05, 3.63) is 44.2 Å². The monoisotopic (exact) mass is 1370 g/mol. The Bertz CT molecular complexity index is 3420. The lowest BCUT2D eigenvalue weighted by molar-refractivity contribution is -0.0581. The number of nitrogens with zero attached hydrogens (tertiary/aromatic N) is 6. The maximum absolute atomic E-state index is 13.5. The topological polar surface area (TPSA) is 354 Å². The van der Waals surface area contributed by atoms with E-state index in [1.807, 2.05) is 0 Å². The van der Waals surface area contributed by atoms with Gasteiger partial charge in [-0.15, -0.1) is 0 Å². The van der Waals surface area contributed by atoms with Gasteiger partial charge in [-0.2, -0.15) is 9.97 Å². The number of aromatic nitrogens is 8. The number of H-pyrrole nitrogens is 2. The molecule has 7 heterocycles. The fourth-order valence-electron chi connectivity index (χ4n) is 11.8. The molecule has 1 aromatic carbocycles. The van der Waals surface area contributed by atoms with E-state index >= 15 is 0 Å². The number of phosphoric ester groups is 1. The number of anilines is 2. The van der Waals surface area contributed by atoms with Gasteiger partial charge in [0.15, 0.2) is 17.5 Å². The summed E-state index contributed by atoms with van der Waals surface area (Å²) in [7, 11) is -3.68. The minimum absolute atomic E-state index is 0.00299. The lowest BCUT2D eigenvalue weighted by atomic mass is 9.83. The highest BCUT2D eigenvalue weighted by molar-refractivity contribution is 8.07. The van der Waals surface area contributed by atoms with Crippen molar-refractivity contribution >= 4 is 85.0 Å². The van der Waals surface area contributed by atoms with Crippen molar-refractivity contribution in [3.63, 3.8) is 0 Å². The third-order valence-electron chi connectivity index (χ3n) is 17.1. The van der Waals surface area contributed by atoms with Crippen LogP contribution in [0.4, 0.5) is 11.9 Å². The lowest BCUT2D eigenvalue weighted by Gasteiger charge is -2.38. The van der Waals surface area contributed by atoms with Gasteiger partial charge >= 0.3 is 14.5 Å². The number of imidazole rings is 2. The number of nitrogens with two attached hydrogens (primary N) is 2. The first-order valence-corrected chi connectivity index (χ1v) is 36.2. The average Bonchev–Trinajstić information content (AvgIpc) is 1.76. The van der Waals surface area contributed by atoms with E-state index in [1.165, 1.54) is 81.3 Å². The Morgan fingerprint density at radius 3 is 1.99 bits per heavy atom. The quantitative estimate of drug-likeness (QED) is 0.0104. The summed E-state index contributed by atoms with van der Waals surface area (Å²) in [4.78, 5) is 33.6. The van der Waals surface area contributed by atoms with Crippen molar-refractivity contribution in [2.75, 3.05) is 84.6 Å². The normalized spacial score (nSPS) is 24.2. The van der Waals surface area contributed by atoms with Gasteiger partial charge in [0.1, 0.15) is 80.8 Å². The van der Waals surface area contributed by atoms with Gasteiger partial charge in [0.2, 0.25) is 11.9 Å². The summed E-state index contributed by atoms with van der Waals surface area (Å²) in [6.07, 6.45) is 6.42. The molecule has 0 bridgehead atoms. The van der Waals surface area contributed by atoms with Crippen LogP contribution in [0.1, 0.15) is 140 Å².